The fraction of sp³-hybridized carbons (Fsp3) is 0.222. The third-order valence-electron chi connectivity index (χ3n) is 4.30. The molecule has 1 aliphatic carbocycles. The number of benzene rings is 2. The van der Waals surface area contributed by atoms with Crippen LogP contribution in [-0.2, 0) is 14.3 Å². The molecule has 0 fully saturated rings. The van der Waals surface area contributed by atoms with E-state index in [1.807, 2.05) is 48.5 Å². The molecule has 0 aliphatic heterocycles. The van der Waals surface area contributed by atoms with Gasteiger partial charge in [-0.3, -0.25) is 9.59 Å². The average molecular weight is 326 g/mol. The highest BCUT2D eigenvalue weighted by Gasteiger charge is 2.32. The molecule has 0 heterocycles. The molecule has 2 aromatic carbocycles. The van der Waals surface area contributed by atoms with Gasteiger partial charge in [0, 0.05) is 5.92 Å². The largest absolute Gasteiger partial charge is 0.480 e. The second kappa shape index (κ2) is 6.43. The Hall–Kier alpha value is -2.70. The van der Waals surface area contributed by atoms with Crippen LogP contribution in [0.1, 0.15) is 17.0 Å². The van der Waals surface area contributed by atoms with Crippen LogP contribution in [0, 0.1) is 0 Å². The van der Waals surface area contributed by atoms with E-state index < -0.39 is 24.0 Å². The van der Waals surface area contributed by atoms with E-state index >= 15 is 0 Å². The van der Waals surface area contributed by atoms with Crippen molar-refractivity contribution in [1.82, 2.24) is 0 Å². The van der Waals surface area contributed by atoms with E-state index in [0.29, 0.717) is 0 Å². The number of rotatable bonds is 5. The molecule has 0 spiro atoms. The molecule has 6 heteroatoms. The van der Waals surface area contributed by atoms with Gasteiger partial charge in [-0.25, -0.2) is 0 Å². The summed E-state index contributed by atoms with van der Waals surface area (Å²) in [4.78, 5) is 22.8. The molecule has 0 unspecified atom stereocenters. The van der Waals surface area contributed by atoms with E-state index in [1.165, 1.54) is 0 Å². The number of hydrogen-bond acceptors (Lipinski definition) is 5. The van der Waals surface area contributed by atoms with E-state index in [0.717, 1.165) is 22.3 Å². The number of carbonyl (C=O) groups is 2. The lowest BCUT2D eigenvalue weighted by Gasteiger charge is -2.18. The lowest BCUT2D eigenvalue weighted by molar-refractivity contribution is -0.150. The van der Waals surface area contributed by atoms with Crippen molar-refractivity contribution in [2.75, 3.05) is 6.61 Å². The molecule has 1 aliphatic rings. The average Bonchev–Trinajstić information content (AvgIpc) is 2.92. The number of carboxylic acids is 1. The van der Waals surface area contributed by atoms with Crippen molar-refractivity contribution in [2.45, 2.75) is 18.0 Å². The lowest BCUT2D eigenvalue weighted by Crippen LogP contribution is -2.52. The predicted octanol–water partition coefficient (Wildman–Crippen LogP) is 1.08. The van der Waals surface area contributed by atoms with Gasteiger partial charge < -0.3 is 21.3 Å². The minimum atomic E-state index is -1.49. The van der Waals surface area contributed by atoms with Crippen LogP contribution < -0.4 is 11.5 Å². The Morgan fingerprint density at radius 3 is 1.96 bits per heavy atom. The van der Waals surface area contributed by atoms with Crippen LogP contribution in [0.25, 0.3) is 11.1 Å². The molecule has 0 bridgehead atoms. The minimum Gasteiger partial charge on any atom is -0.480 e. The van der Waals surface area contributed by atoms with Gasteiger partial charge >= 0.3 is 11.9 Å². The molecule has 2 atom stereocenters. The summed E-state index contributed by atoms with van der Waals surface area (Å²) < 4.78 is 5.27. The first kappa shape index (κ1) is 16.2. The number of esters is 1. The molecule has 0 aromatic heterocycles. The number of hydrogen-bond donors (Lipinski definition) is 3. The molecular weight excluding hydrogens is 308 g/mol. The van der Waals surface area contributed by atoms with Crippen molar-refractivity contribution in [1.29, 1.82) is 0 Å². The Bertz CT molecular complexity index is 745. The van der Waals surface area contributed by atoms with E-state index in [1.54, 1.807) is 0 Å². The summed E-state index contributed by atoms with van der Waals surface area (Å²) in [7, 11) is 0. The van der Waals surface area contributed by atoms with Gasteiger partial charge in [0.1, 0.15) is 18.7 Å². The molecule has 124 valence electrons. The number of nitrogens with two attached hydrogens (primary N) is 2. The van der Waals surface area contributed by atoms with Gasteiger partial charge in [0.05, 0.1) is 0 Å². The second-order valence-electron chi connectivity index (χ2n) is 5.75. The molecule has 6 nitrogen and oxygen atoms in total. The van der Waals surface area contributed by atoms with Crippen LogP contribution in [-0.4, -0.2) is 35.7 Å². The summed E-state index contributed by atoms with van der Waals surface area (Å²) >= 11 is 0. The molecule has 3 rings (SSSR count). The van der Waals surface area contributed by atoms with Crippen molar-refractivity contribution in [3.05, 3.63) is 59.7 Å². The number of fused-ring (bicyclic) bond motifs is 3. The zero-order chi connectivity index (χ0) is 17.3. The summed E-state index contributed by atoms with van der Waals surface area (Å²) in [5, 5.41) is 8.83. The van der Waals surface area contributed by atoms with Gasteiger partial charge in [-0.15, -0.1) is 0 Å². The summed E-state index contributed by atoms with van der Waals surface area (Å²) in [6.45, 7) is 0.0902. The van der Waals surface area contributed by atoms with Gasteiger partial charge in [0.2, 0.25) is 0 Å². The fourth-order valence-corrected chi connectivity index (χ4v) is 3.00. The maximum atomic E-state index is 12.0. The zero-order valence-corrected chi connectivity index (χ0v) is 12.9. The Balaban J connectivity index is 1.79. The van der Waals surface area contributed by atoms with E-state index in [9.17, 15) is 9.59 Å². The number of carboxylic acid groups (broad SMARTS) is 1. The standard InChI is InChI=1S/C18H18N2O4/c19-15(17(21)22)16(20)18(23)24-9-14-12-7-3-1-5-10(12)11-6-2-4-8-13(11)14/h1-8,14-16H,9,19-20H2,(H,21,22)/t15-,16+/m1/s1. The molecule has 5 N–H and O–H groups in total. The maximum absolute atomic E-state index is 12.0. The van der Waals surface area contributed by atoms with Crippen LogP contribution in [0.15, 0.2) is 48.5 Å². The molecule has 0 saturated carbocycles. The summed E-state index contributed by atoms with van der Waals surface area (Å²) in [5.74, 6) is -2.25. The molecule has 0 amide bonds. The minimum absolute atomic E-state index is 0.0902. The summed E-state index contributed by atoms with van der Waals surface area (Å²) in [6.07, 6.45) is 0. The summed E-state index contributed by atoms with van der Waals surface area (Å²) in [6, 6.07) is 13.0. The van der Waals surface area contributed by atoms with Crippen LogP contribution >= 0.6 is 0 Å². The second-order valence-corrected chi connectivity index (χ2v) is 5.75. The molecular formula is C18H18N2O4. The first-order valence-electron chi connectivity index (χ1n) is 7.59. The molecule has 24 heavy (non-hydrogen) atoms. The van der Waals surface area contributed by atoms with Crippen molar-refractivity contribution in [3.63, 3.8) is 0 Å². The van der Waals surface area contributed by atoms with Gasteiger partial charge in [-0.2, -0.15) is 0 Å². The Kier molecular flexibility index (Phi) is 4.33. The highest BCUT2D eigenvalue weighted by Crippen LogP contribution is 2.44. The monoisotopic (exact) mass is 326 g/mol. The van der Waals surface area contributed by atoms with E-state index in [4.69, 9.17) is 21.3 Å². The van der Waals surface area contributed by atoms with Crippen LogP contribution in [0.3, 0.4) is 0 Å². The number of ether oxygens (including phenoxy) is 1. The van der Waals surface area contributed by atoms with Gasteiger partial charge in [0.15, 0.2) is 0 Å². The molecule has 2 aromatic rings. The summed E-state index contributed by atoms with van der Waals surface area (Å²) in [5.41, 5.74) is 15.3. The van der Waals surface area contributed by atoms with Crippen LogP contribution in [0.5, 0.6) is 0 Å². The normalized spacial score (nSPS) is 15.2. The van der Waals surface area contributed by atoms with Crippen LogP contribution in [0.2, 0.25) is 0 Å². The predicted molar refractivity (Wildman–Crippen MR) is 88.3 cm³/mol. The van der Waals surface area contributed by atoms with Crippen molar-refractivity contribution in [3.8, 4) is 11.1 Å². The van der Waals surface area contributed by atoms with Crippen LogP contribution in [0.4, 0.5) is 0 Å². The van der Waals surface area contributed by atoms with Gasteiger partial charge in [-0.1, -0.05) is 48.5 Å². The van der Waals surface area contributed by atoms with Crippen molar-refractivity contribution < 1.29 is 19.4 Å². The topological polar surface area (TPSA) is 116 Å². The van der Waals surface area contributed by atoms with Gasteiger partial charge in [0.25, 0.3) is 0 Å². The first-order valence-corrected chi connectivity index (χ1v) is 7.59. The van der Waals surface area contributed by atoms with Crippen molar-refractivity contribution in [2.24, 2.45) is 11.5 Å². The Morgan fingerprint density at radius 2 is 1.46 bits per heavy atom. The molecule has 0 radical (unpaired) electrons. The van der Waals surface area contributed by atoms with E-state index in [-0.39, 0.29) is 12.5 Å². The molecule has 0 saturated heterocycles. The zero-order valence-electron chi connectivity index (χ0n) is 12.9. The Labute approximate surface area is 139 Å². The third kappa shape index (κ3) is 2.77. The van der Waals surface area contributed by atoms with Gasteiger partial charge in [-0.05, 0) is 22.3 Å². The number of aliphatic carboxylic acids is 1. The lowest BCUT2D eigenvalue weighted by atomic mass is 9.98. The number of carbonyl (C=O) groups excluding carboxylic acids is 1. The maximum Gasteiger partial charge on any atom is 0.325 e. The van der Waals surface area contributed by atoms with Crippen molar-refractivity contribution >= 4 is 11.9 Å². The quantitative estimate of drug-likeness (QED) is 0.708. The van der Waals surface area contributed by atoms with E-state index in [2.05, 4.69) is 0 Å². The highest BCUT2D eigenvalue weighted by molar-refractivity contribution is 5.86. The first-order chi connectivity index (χ1) is 11.5. The fourth-order valence-electron chi connectivity index (χ4n) is 3.00. The Morgan fingerprint density at radius 1 is 0.958 bits per heavy atom. The smallest absolute Gasteiger partial charge is 0.325 e. The highest BCUT2D eigenvalue weighted by atomic mass is 16.5. The third-order valence-corrected chi connectivity index (χ3v) is 4.30. The SMILES string of the molecule is N[C@H](C(=O)OCC1c2ccccc2-c2ccccc21)[C@@H](N)C(=O)O.